The van der Waals surface area contributed by atoms with Crippen molar-refractivity contribution in [1.82, 2.24) is 20.0 Å². The van der Waals surface area contributed by atoms with Crippen molar-refractivity contribution in [2.45, 2.75) is 49.9 Å². The second-order valence-corrected chi connectivity index (χ2v) is 13.9. The van der Waals surface area contributed by atoms with E-state index in [2.05, 4.69) is 24.5 Å². The van der Waals surface area contributed by atoms with Gasteiger partial charge in [-0.3, -0.25) is 9.88 Å². The fourth-order valence-electron chi connectivity index (χ4n) is 5.72. The molecule has 2 aliphatic rings. The number of aromatic nitrogens is 3. The van der Waals surface area contributed by atoms with Gasteiger partial charge in [0.2, 0.25) is 5.82 Å². The molecule has 0 aliphatic carbocycles. The summed E-state index contributed by atoms with van der Waals surface area (Å²) in [4.78, 5) is 9.92. The van der Waals surface area contributed by atoms with Gasteiger partial charge in [0.25, 0.3) is 5.79 Å². The topological polar surface area (TPSA) is 108 Å². The number of likely N-dealkylation sites (tertiary alicyclic amines) is 1. The maximum Gasteiger partial charge on any atom is 0.471 e. The monoisotopic (exact) mass is 666 g/mol. The molecule has 1 fully saturated rings. The summed E-state index contributed by atoms with van der Waals surface area (Å²) in [6, 6.07) is 11.4. The number of hydrogen-bond donors (Lipinski definition) is 0. The predicted molar refractivity (Wildman–Crippen MR) is 155 cm³/mol. The SMILES string of the molecule is C[C@]1(c2ccc(Cl)cc2F)Oc2cccc(C3CCN(Cc4ncc(-c5noc(C(F)(F)F)n5)cc4CS(C)(=O)=O)CC3)c2O1. The highest BCUT2D eigenvalue weighted by atomic mass is 35.5. The van der Waals surface area contributed by atoms with E-state index in [0.717, 1.165) is 24.7 Å². The number of hydrogen-bond acceptors (Lipinski definition) is 9. The maximum absolute atomic E-state index is 14.8. The summed E-state index contributed by atoms with van der Waals surface area (Å²) >= 11 is 5.93. The zero-order valence-corrected chi connectivity index (χ0v) is 25.6. The normalized spacial score (nSPS) is 19.3. The van der Waals surface area contributed by atoms with Crippen LogP contribution in [0.2, 0.25) is 5.02 Å². The first-order chi connectivity index (χ1) is 21.2. The molecule has 0 spiro atoms. The first-order valence-electron chi connectivity index (χ1n) is 13.9. The van der Waals surface area contributed by atoms with E-state index in [0.29, 0.717) is 42.4 Å². The Morgan fingerprint density at radius 1 is 1.11 bits per heavy atom. The van der Waals surface area contributed by atoms with Gasteiger partial charge in [-0.15, -0.1) is 0 Å². The van der Waals surface area contributed by atoms with Crippen LogP contribution in [-0.4, -0.2) is 47.8 Å². The molecule has 15 heteroatoms. The van der Waals surface area contributed by atoms with Gasteiger partial charge in [0.1, 0.15) is 5.82 Å². The summed E-state index contributed by atoms with van der Waals surface area (Å²) in [6.07, 6.45) is -0.943. The molecule has 0 amide bonds. The minimum atomic E-state index is -4.81. The number of alkyl halides is 3. The first-order valence-corrected chi connectivity index (χ1v) is 16.4. The lowest BCUT2D eigenvalue weighted by molar-refractivity contribution is -0.159. The van der Waals surface area contributed by atoms with Gasteiger partial charge >= 0.3 is 12.1 Å². The van der Waals surface area contributed by atoms with Crippen molar-refractivity contribution in [2.24, 2.45) is 0 Å². The van der Waals surface area contributed by atoms with E-state index in [9.17, 15) is 26.0 Å². The fourth-order valence-corrected chi connectivity index (χ4v) is 6.69. The average Bonchev–Trinajstić information content (AvgIpc) is 3.59. The number of piperidine rings is 1. The molecule has 238 valence electrons. The lowest BCUT2D eigenvalue weighted by Gasteiger charge is -2.33. The molecule has 1 atom stereocenters. The number of fused-ring (bicyclic) bond motifs is 1. The Labute approximate surface area is 261 Å². The third kappa shape index (κ3) is 6.63. The summed E-state index contributed by atoms with van der Waals surface area (Å²) in [5.41, 5.74) is 2.12. The van der Waals surface area contributed by atoms with Crippen molar-refractivity contribution in [2.75, 3.05) is 19.3 Å². The maximum atomic E-state index is 14.8. The van der Waals surface area contributed by atoms with Crippen LogP contribution in [0.25, 0.3) is 11.4 Å². The highest BCUT2D eigenvalue weighted by molar-refractivity contribution is 7.89. The molecule has 2 aromatic carbocycles. The number of sulfone groups is 1. The van der Waals surface area contributed by atoms with Gasteiger partial charge in [0.15, 0.2) is 21.3 Å². The molecule has 45 heavy (non-hydrogen) atoms. The smallest absolute Gasteiger partial charge is 0.444 e. The van der Waals surface area contributed by atoms with E-state index >= 15 is 0 Å². The number of nitrogens with zero attached hydrogens (tertiary/aromatic N) is 4. The second kappa shape index (κ2) is 11.6. The van der Waals surface area contributed by atoms with Gasteiger partial charge < -0.3 is 14.0 Å². The van der Waals surface area contributed by atoms with Crippen LogP contribution in [0.15, 0.2) is 53.2 Å². The van der Waals surface area contributed by atoms with Crippen LogP contribution < -0.4 is 9.47 Å². The molecule has 4 heterocycles. The van der Waals surface area contributed by atoms with Crippen LogP contribution >= 0.6 is 11.6 Å². The van der Waals surface area contributed by atoms with Crippen molar-refractivity contribution in [3.63, 3.8) is 0 Å². The molecule has 0 bridgehead atoms. The largest absolute Gasteiger partial charge is 0.471 e. The van der Waals surface area contributed by atoms with Crippen molar-refractivity contribution in [1.29, 1.82) is 0 Å². The lowest BCUT2D eigenvalue weighted by Crippen LogP contribution is -2.34. The van der Waals surface area contributed by atoms with Gasteiger partial charge in [-0.1, -0.05) is 28.9 Å². The summed E-state index contributed by atoms with van der Waals surface area (Å²) < 4.78 is 94.7. The van der Waals surface area contributed by atoms with Crippen molar-refractivity contribution < 1.29 is 40.0 Å². The minimum absolute atomic E-state index is 0.112. The van der Waals surface area contributed by atoms with Gasteiger partial charge in [-0.05, 0) is 67.7 Å². The Kier molecular flexibility index (Phi) is 8.02. The Balaban J connectivity index is 1.17. The molecule has 1 saturated heterocycles. The molecule has 0 radical (unpaired) electrons. The van der Waals surface area contributed by atoms with Gasteiger partial charge in [-0.25, -0.2) is 12.8 Å². The molecule has 2 aliphatic heterocycles. The summed E-state index contributed by atoms with van der Waals surface area (Å²) in [7, 11) is -3.50. The molecular weight excluding hydrogens is 640 g/mol. The van der Waals surface area contributed by atoms with E-state index in [1.807, 2.05) is 12.1 Å². The van der Waals surface area contributed by atoms with E-state index in [-0.39, 0.29) is 33.6 Å². The number of halogens is 5. The summed E-state index contributed by atoms with van der Waals surface area (Å²) in [6.45, 7) is 3.30. The average molecular weight is 667 g/mol. The third-order valence-corrected chi connectivity index (χ3v) is 8.91. The van der Waals surface area contributed by atoms with Crippen LogP contribution in [0, 0.1) is 5.82 Å². The van der Waals surface area contributed by atoms with Crippen LogP contribution in [0.1, 0.15) is 54.0 Å². The van der Waals surface area contributed by atoms with Crippen LogP contribution in [0.3, 0.4) is 0 Å². The highest BCUT2D eigenvalue weighted by Gasteiger charge is 2.43. The van der Waals surface area contributed by atoms with E-state index in [1.54, 1.807) is 25.1 Å². The van der Waals surface area contributed by atoms with E-state index in [4.69, 9.17) is 21.1 Å². The third-order valence-electron chi connectivity index (χ3n) is 7.84. The Morgan fingerprint density at radius 2 is 1.87 bits per heavy atom. The zero-order valence-electron chi connectivity index (χ0n) is 24.1. The quantitative estimate of drug-likeness (QED) is 0.204. The summed E-state index contributed by atoms with van der Waals surface area (Å²) in [5.74, 6) is -2.90. The standard InChI is InChI=1S/C30H27ClF4N4O5S/c1-29(22-7-6-20(31)13-23(22)32)42-25-5-3-4-21(26(25)43-29)17-8-10-39(11-9-17)15-24-19(16-45(2,40)41)12-18(14-36-24)27-37-28(44-38-27)30(33,34)35/h3-7,12-14,17H,8-11,15-16H2,1-2H3/t29-/m0/s1. The molecule has 0 unspecified atom stereocenters. The number of para-hydroxylation sites is 1. The predicted octanol–water partition coefficient (Wildman–Crippen LogP) is 6.51. The Bertz CT molecular complexity index is 1860. The van der Waals surface area contributed by atoms with Gasteiger partial charge in [0, 0.05) is 42.1 Å². The van der Waals surface area contributed by atoms with Crippen molar-refractivity contribution >= 4 is 21.4 Å². The molecule has 6 rings (SSSR count). The first kappa shape index (κ1) is 31.2. The molecule has 2 aromatic heterocycles. The van der Waals surface area contributed by atoms with Crippen LogP contribution in [0.5, 0.6) is 11.5 Å². The van der Waals surface area contributed by atoms with Crippen LogP contribution in [-0.2, 0) is 34.1 Å². The fraction of sp³-hybridized carbons (Fsp3) is 0.367. The Morgan fingerprint density at radius 3 is 2.53 bits per heavy atom. The number of rotatable bonds is 7. The van der Waals surface area contributed by atoms with E-state index < -0.39 is 33.5 Å². The zero-order chi connectivity index (χ0) is 32.1. The molecule has 4 aromatic rings. The molecular formula is C30H27ClF4N4O5S. The van der Waals surface area contributed by atoms with Gasteiger partial charge in [0.05, 0.1) is 17.0 Å². The second-order valence-electron chi connectivity index (χ2n) is 11.3. The number of pyridine rings is 1. The van der Waals surface area contributed by atoms with Gasteiger partial charge in [-0.2, -0.15) is 18.2 Å². The minimum Gasteiger partial charge on any atom is -0.444 e. The Hall–Kier alpha value is -3.75. The molecule has 0 saturated carbocycles. The van der Waals surface area contributed by atoms with Crippen molar-refractivity contribution in [3.8, 4) is 22.9 Å². The number of ether oxygens (including phenoxy) is 2. The molecule has 9 nitrogen and oxygen atoms in total. The number of benzene rings is 2. The lowest BCUT2D eigenvalue weighted by atomic mass is 9.88. The summed E-state index contributed by atoms with van der Waals surface area (Å²) in [5, 5.41) is 3.65. The van der Waals surface area contributed by atoms with E-state index in [1.165, 1.54) is 18.3 Å². The molecule has 0 N–H and O–H groups in total. The highest BCUT2D eigenvalue weighted by Crippen LogP contribution is 2.50. The van der Waals surface area contributed by atoms with Crippen molar-refractivity contribution in [3.05, 3.63) is 87.8 Å². The van der Waals surface area contributed by atoms with Crippen LogP contribution in [0.4, 0.5) is 17.6 Å².